The molecule has 0 N–H and O–H groups in total. The quantitative estimate of drug-likeness (QED) is 0.421. The number of hydrogen-bond donors (Lipinski definition) is 0. The molecule has 1 fully saturated rings. The van der Waals surface area contributed by atoms with E-state index in [9.17, 15) is 8.63 Å². The first kappa shape index (κ1) is 9.56. The van der Waals surface area contributed by atoms with Gasteiger partial charge in [0, 0.05) is 0 Å². The van der Waals surface area contributed by atoms with E-state index in [2.05, 4.69) is 0 Å². The molecule has 1 aliphatic rings. The molecule has 4 heteroatoms. The zero-order valence-electron chi connectivity index (χ0n) is 5.32. The predicted molar refractivity (Wildman–Crippen MR) is 26.8 cm³/mol. The first-order valence-electron chi connectivity index (χ1n) is 2.66. The van der Waals surface area contributed by atoms with Crippen molar-refractivity contribution in [2.45, 2.75) is 25.5 Å². The average Bonchev–Trinajstić information content (AvgIpc) is 1.99. The van der Waals surface area contributed by atoms with Crippen LogP contribution in [0.4, 0.5) is 8.63 Å². The third kappa shape index (κ3) is 2.92. The standard InChI is InChI=1S/C4H8BF2.K/c1-5(6,7)4-2-3-4;/h4H,2-3H2,1H3;/q-1;+1. The minimum atomic E-state index is -2.94. The van der Waals surface area contributed by atoms with Crippen LogP contribution in [0.5, 0.6) is 0 Å². The molecule has 42 valence electrons. The summed E-state index contributed by atoms with van der Waals surface area (Å²) >= 11 is 0. The number of halogens is 2. The van der Waals surface area contributed by atoms with E-state index in [1.807, 2.05) is 0 Å². The van der Waals surface area contributed by atoms with Crippen LogP contribution in [0.1, 0.15) is 12.8 Å². The van der Waals surface area contributed by atoms with Gasteiger partial charge in [-0.05, 0) is 0 Å². The van der Waals surface area contributed by atoms with Crippen molar-refractivity contribution in [1.29, 1.82) is 0 Å². The molecule has 8 heavy (non-hydrogen) atoms. The summed E-state index contributed by atoms with van der Waals surface area (Å²) < 4.78 is 23.9. The Morgan fingerprint density at radius 2 is 1.75 bits per heavy atom. The Labute approximate surface area is 90.8 Å². The smallest absolute Gasteiger partial charge is 0.478 e. The molecular formula is C4H8BF2K. The van der Waals surface area contributed by atoms with Crippen LogP contribution in [0, 0.1) is 0 Å². The third-order valence-electron chi connectivity index (χ3n) is 1.45. The van der Waals surface area contributed by atoms with Gasteiger partial charge in [-0.1, -0.05) is 12.8 Å². The van der Waals surface area contributed by atoms with Crippen molar-refractivity contribution in [2.24, 2.45) is 0 Å². The largest absolute Gasteiger partial charge is 1.00 e. The maximum Gasteiger partial charge on any atom is 1.00 e. The molecule has 0 radical (unpaired) electrons. The molecule has 0 unspecified atom stereocenters. The Morgan fingerprint density at radius 1 is 1.38 bits per heavy atom. The van der Waals surface area contributed by atoms with E-state index in [0.29, 0.717) is 0 Å². The van der Waals surface area contributed by atoms with Crippen molar-refractivity contribution in [2.75, 3.05) is 0 Å². The molecule has 0 saturated heterocycles. The maximum atomic E-state index is 12.0. The van der Waals surface area contributed by atoms with Crippen molar-refractivity contribution < 1.29 is 60.0 Å². The van der Waals surface area contributed by atoms with Gasteiger partial charge in [0.05, 0.1) is 0 Å². The monoisotopic (exact) mass is 144 g/mol. The van der Waals surface area contributed by atoms with Gasteiger partial charge in [-0.15, -0.1) is 12.6 Å². The van der Waals surface area contributed by atoms with Crippen molar-refractivity contribution in [1.82, 2.24) is 0 Å². The molecule has 0 aromatic carbocycles. The Kier molecular flexibility index (Phi) is 3.71. The summed E-state index contributed by atoms with van der Waals surface area (Å²) in [6.07, 6.45) is 1.51. The first-order valence-corrected chi connectivity index (χ1v) is 2.66. The molecule has 1 saturated carbocycles. The van der Waals surface area contributed by atoms with Gasteiger partial charge in [-0.25, -0.2) is 0 Å². The molecule has 0 amide bonds. The van der Waals surface area contributed by atoms with Crippen molar-refractivity contribution in [3.8, 4) is 0 Å². The topological polar surface area (TPSA) is 0 Å². The SMILES string of the molecule is C[B-](F)(F)C1CC1.[K+]. The molecule has 0 heterocycles. The van der Waals surface area contributed by atoms with Crippen LogP contribution in [-0.2, 0) is 0 Å². The van der Waals surface area contributed by atoms with Crippen LogP contribution in [-0.4, -0.2) is 6.70 Å². The Bertz CT molecular complexity index is 76.6. The summed E-state index contributed by atoms with van der Waals surface area (Å²) in [6.45, 7) is -1.89. The minimum Gasteiger partial charge on any atom is -0.478 e. The molecule has 0 aromatic heterocycles. The fourth-order valence-electron chi connectivity index (χ4n) is 0.682. The molecule has 0 aromatic rings. The zero-order valence-corrected chi connectivity index (χ0v) is 8.45. The summed E-state index contributed by atoms with van der Waals surface area (Å²) in [6, 6.07) is 0. The minimum absolute atomic E-state index is 0. The molecule has 0 atom stereocenters. The van der Waals surface area contributed by atoms with Crippen LogP contribution in [0.25, 0.3) is 0 Å². The van der Waals surface area contributed by atoms with Gasteiger partial charge in [0.2, 0.25) is 0 Å². The van der Waals surface area contributed by atoms with Gasteiger partial charge in [-0.2, -0.15) is 0 Å². The van der Waals surface area contributed by atoms with E-state index in [-0.39, 0.29) is 57.2 Å². The summed E-state index contributed by atoms with van der Waals surface area (Å²) in [7, 11) is 0. The molecule has 0 aliphatic heterocycles. The Balaban J connectivity index is 0.000000490. The fourth-order valence-corrected chi connectivity index (χ4v) is 0.682. The fraction of sp³-hybridized carbons (Fsp3) is 1.00. The van der Waals surface area contributed by atoms with Crippen LogP contribution < -0.4 is 51.4 Å². The van der Waals surface area contributed by atoms with Gasteiger partial charge in [0.15, 0.2) is 0 Å². The van der Waals surface area contributed by atoms with Gasteiger partial charge in [-0.3, -0.25) is 0 Å². The van der Waals surface area contributed by atoms with Crippen molar-refractivity contribution in [3.63, 3.8) is 0 Å². The summed E-state index contributed by atoms with van der Waals surface area (Å²) in [5.74, 6) is -0.222. The molecular weight excluding hydrogens is 136 g/mol. The number of rotatable bonds is 1. The number of hydrogen-bond acceptors (Lipinski definition) is 0. The second-order valence-electron chi connectivity index (χ2n) is 2.44. The van der Waals surface area contributed by atoms with E-state index < -0.39 is 6.70 Å². The van der Waals surface area contributed by atoms with Crippen LogP contribution in [0.2, 0.25) is 12.6 Å². The van der Waals surface area contributed by atoms with Gasteiger partial charge in [0.25, 0.3) is 0 Å². The molecule has 0 nitrogen and oxygen atoms in total. The van der Waals surface area contributed by atoms with Gasteiger partial charge in [0.1, 0.15) is 0 Å². The normalized spacial score (nSPS) is 19.9. The Hall–Kier alpha value is 1.56. The van der Waals surface area contributed by atoms with E-state index >= 15 is 0 Å². The summed E-state index contributed by atoms with van der Waals surface area (Å²) in [5.41, 5.74) is 0. The van der Waals surface area contributed by atoms with Gasteiger partial charge >= 0.3 is 58.1 Å². The van der Waals surface area contributed by atoms with Crippen LogP contribution in [0.3, 0.4) is 0 Å². The van der Waals surface area contributed by atoms with Crippen molar-refractivity contribution >= 4 is 6.70 Å². The zero-order chi connectivity index (χ0) is 5.49. The second kappa shape index (κ2) is 3.10. The molecule has 0 spiro atoms. The summed E-state index contributed by atoms with van der Waals surface area (Å²) in [5, 5.41) is 0. The predicted octanol–water partition coefficient (Wildman–Crippen LogP) is -0.835. The average molecular weight is 144 g/mol. The Morgan fingerprint density at radius 3 is 1.75 bits per heavy atom. The van der Waals surface area contributed by atoms with E-state index in [0.717, 1.165) is 19.7 Å². The molecule has 1 aliphatic carbocycles. The van der Waals surface area contributed by atoms with E-state index in [1.54, 1.807) is 0 Å². The van der Waals surface area contributed by atoms with Crippen LogP contribution >= 0.6 is 0 Å². The first-order chi connectivity index (χ1) is 3.11. The van der Waals surface area contributed by atoms with Crippen LogP contribution in [0.15, 0.2) is 0 Å². The second-order valence-corrected chi connectivity index (χ2v) is 2.44. The van der Waals surface area contributed by atoms with Gasteiger partial charge < -0.3 is 8.63 Å². The molecule has 1 rings (SSSR count). The van der Waals surface area contributed by atoms with E-state index in [4.69, 9.17) is 0 Å². The van der Waals surface area contributed by atoms with Crippen molar-refractivity contribution in [3.05, 3.63) is 0 Å². The maximum absolute atomic E-state index is 12.0. The third-order valence-corrected chi connectivity index (χ3v) is 1.45. The summed E-state index contributed by atoms with van der Waals surface area (Å²) in [4.78, 5) is 0. The molecule has 0 bridgehead atoms. The van der Waals surface area contributed by atoms with E-state index in [1.165, 1.54) is 0 Å².